The number of rotatable bonds is 4. The molecule has 1 aliphatic heterocycles. The van der Waals surface area contributed by atoms with Crippen LogP contribution in [0.2, 0.25) is 0 Å². The first-order chi connectivity index (χ1) is 11.5. The average Bonchev–Trinajstić information content (AvgIpc) is 3.04. The van der Waals surface area contributed by atoms with Crippen molar-refractivity contribution in [3.8, 4) is 11.3 Å². The number of aromatic nitrogens is 1. The van der Waals surface area contributed by atoms with Crippen LogP contribution in [0.15, 0.2) is 34.9 Å². The van der Waals surface area contributed by atoms with Gasteiger partial charge >= 0.3 is 0 Å². The monoisotopic (exact) mass is 328 g/mol. The summed E-state index contributed by atoms with van der Waals surface area (Å²) in [6, 6.07) is 8.24. The number of amides is 1. The van der Waals surface area contributed by atoms with Gasteiger partial charge in [0.15, 0.2) is 11.7 Å². The van der Waals surface area contributed by atoms with Crippen molar-refractivity contribution in [2.24, 2.45) is 0 Å². The van der Waals surface area contributed by atoms with Crippen LogP contribution in [0.4, 0.5) is 0 Å². The molecule has 0 saturated carbocycles. The highest BCUT2D eigenvalue weighted by Gasteiger charge is 2.27. The molecule has 0 unspecified atom stereocenters. The Morgan fingerprint density at radius 2 is 2.04 bits per heavy atom. The summed E-state index contributed by atoms with van der Waals surface area (Å²) in [5.74, 6) is 1.48. The van der Waals surface area contributed by atoms with Gasteiger partial charge in [-0.3, -0.25) is 4.79 Å². The summed E-state index contributed by atoms with van der Waals surface area (Å²) in [5, 5.41) is 0. The summed E-state index contributed by atoms with van der Waals surface area (Å²) in [5.41, 5.74) is 2.21. The van der Waals surface area contributed by atoms with Gasteiger partial charge in [-0.1, -0.05) is 29.8 Å². The van der Waals surface area contributed by atoms with E-state index in [4.69, 9.17) is 9.15 Å². The third-order valence-corrected chi connectivity index (χ3v) is 4.37. The second-order valence-electron chi connectivity index (χ2n) is 6.52. The molecule has 2 atom stereocenters. The maximum atomic E-state index is 12.4. The van der Waals surface area contributed by atoms with E-state index in [1.54, 1.807) is 6.20 Å². The van der Waals surface area contributed by atoms with Gasteiger partial charge in [0.1, 0.15) is 0 Å². The molecule has 3 rings (SSSR count). The van der Waals surface area contributed by atoms with Crippen molar-refractivity contribution < 1.29 is 13.9 Å². The fraction of sp³-hybridized carbons (Fsp3) is 0.474. The lowest BCUT2D eigenvalue weighted by Gasteiger charge is -2.36. The van der Waals surface area contributed by atoms with Crippen molar-refractivity contribution in [2.75, 3.05) is 13.2 Å². The van der Waals surface area contributed by atoms with Crippen molar-refractivity contribution in [3.05, 3.63) is 41.9 Å². The second kappa shape index (κ2) is 7.18. The molecule has 1 fully saturated rings. The van der Waals surface area contributed by atoms with Gasteiger partial charge in [-0.25, -0.2) is 4.98 Å². The quantitative estimate of drug-likeness (QED) is 0.865. The number of morpholine rings is 1. The minimum Gasteiger partial charge on any atom is -0.441 e. The third kappa shape index (κ3) is 3.85. The normalized spacial score (nSPS) is 21.0. The SMILES string of the molecule is Cc1ccc(-c2cnc(CCC(=O)N3C[C@@H](C)OC[C@@H]3C)o2)cc1. The molecule has 24 heavy (non-hydrogen) atoms. The first-order valence-electron chi connectivity index (χ1n) is 8.45. The molecule has 1 aliphatic rings. The Balaban J connectivity index is 1.59. The zero-order valence-electron chi connectivity index (χ0n) is 14.5. The van der Waals surface area contributed by atoms with Crippen molar-refractivity contribution in [2.45, 2.75) is 45.8 Å². The van der Waals surface area contributed by atoms with E-state index >= 15 is 0 Å². The molecule has 1 aromatic heterocycles. The van der Waals surface area contributed by atoms with E-state index in [2.05, 4.69) is 11.9 Å². The molecule has 128 valence electrons. The lowest BCUT2D eigenvalue weighted by Crippen LogP contribution is -2.50. The molecule has 5 nitrogen and oxygen atoms in total. The predicted octanol–water partition coefficient (Wildman–Crippen LogP) is 3.22. The van der Waals surface area contributed by atoms with Crippen LogP contribution in [0.1, 0.15) is 31.7 Å². The van der Waals surface area contributed by atoms with Gasteiger partial charge < -0.3 is 14.1 Å². The van der Waals surface area contributed by atoms with Crippen LogP contribution in [0.25, 0.3) is 11.3 Å². The number of hydrogen-bond acceptors (Lipinski definition) is 4. The molecule has 0 radical (unpaired) electrons. The highest BCUT2D eigenvalue weighted by atomic mass is 16.5. The average molecular weight is 328 g/mol. The summed E-state index contributed by atoms with van der Waals surface area (Å²) >= 11 is 0. The smallest absolute Gasteiger partial charge is 0.223 e. The highest BCUT2D eigenvalue weighted by molar-refractivity contribution is 5.76. The van der Waals surface area contributed by atoms with E-state index in [1.807, 2.05) is 43.0 Å². The summed E-state index contributed by atoms with van der Waals surface area (Å²) in [6.07, 6.45) is 2.75. The standard InChI is InChI=1S/C19H24N2O3/c1-13-4-6-16(7-5-13)17-10-20-18(24-17)8-9-19(22)21-11-15(3)23-12-14(21)2/h4-7,10,14-15H,8-9,11-12H2,1-3H3/t14-,15+/m0/s1. The topological polar surface area (TPSA) is 55.6 Å². The number of benzene rings is 1. The van der Waals surface area contributed by atoms with Crippen LogP contribution in [0.5, 0.6) is 0 Å². The van der Waals surface area contributed by atoms with E-state index in [0.717, 1.165) is 11.3 Å². The molecule has 5 heteroatoms. The minimum atomic E-state index is 0.0972. The Morgan fingerprint density at radius 3 is 2.79 bits per heavy atom. The fourth-order valence-electron chi connectivity index (χ4n) is 2.89. The molecule has 0 spiro atoms. The Labute approximate surface area is 142 Å². The molecule has 0 bridgehead atoms. The van der Waals surface area contributed by atoms with Crippen LogP contribution >= 0.6 is 0 Å². The van der Waals surface area contributed by atoms with E-state index in [9.17, 15) is 4.79 Å². The molecule has 2 heterocycles. The number of aryl methyl sites for hydroxylation is 2. The van der Waals surface area contributed by atoms with Gasteiger partial charge in [-0.15, -0.1) is 0 Å². The number of ether oxygens (including phenoxy) is 1. The van der Waals surface area contributed by atoms with E-state index in [0.29, 0.717) is 31.9 Å². The summed E-state index contributed by atoms with van der Waals surface area (Å²) < 4.78 is 11.4. The number of carbonyl (C=O) groups is 1. The van der Waals surface area contributed by atoms with Crippen LogP contribution in [-0.2, 0) is 16.0 Å². The lowest BCUT2D eigenvalue weighted by molar-refractivity contribution is -0.143. The number of carbonyl (C=O) groups excluding carboxylic acids is 1. The van der Waals surface area contributed by atoms with Gasteiger partial charge in [0.2, 0.25) is 5.91 Å². The van der Waals surface area contributed by atoms with Gasteiger partial charge in [-0.2, -0.15) is 0 Å². The van der Waals surface area contributed by atoms with Crippen LogP contribution in [0.3, 0.4) is 0 Å². The lowest BCUT2D eigenvalue weighted by atomic mass is 10.1. The maximum Gasteiger partial charge on any atom is 0.223 e. The maximum absolute atomic E-state index is 12.4. The Morgan fingerprint density at radius 1 is 1.29 bits per heavy atom. The highest BCUT2D eigenvalue weighted by Crippen LogP contribution is 2.21. The van der Waals surface area contributed by atoms with Crippen molar-refractivity contribution in [1.82, 2.24) is 9.88 Å². The Bertz CT molecular complexity index is 693. The Hall–Kier alpha value is -2.14. The zero-order valence-corrected chi connectivity index (χ0v) is 14.5. The molecule has 1 saturated heterocycles. The molecule has 0 N–H and O–H groups in total. The van der Waals surface area contributed by atoms with Crippen LogP contribution < -0.4 is 0 Å². The largest absolute Gasteiger partial charge is 0.441 e. The predicted molar refractivity (Wildman–Crippen MR) is 91.6 cm³/mol. The molecular weight excluding hydrogens is 304 g/mol. The second-order valence-corrected chi connectivity index (χ2v) is 6.52. The first kappa shape index (κ1) is 16.7. The van der Waals surface area contributed by atoms with E-state index in [-0.39, 0.29) is 18.1 Å². The fourth-order valence-corrected chi connectivity index (χ4v) is 2.89. The van der Waals surface area contributed by atoms with Crippen LogP contribution in [-0.4, -0.2) is 41.1 Å². The number of oxazole rings is 1. The number of nitrogens with zero attached hydrogens (tertiary/aromatic N) is 2. The summed E-state index contributed by atoms with van der Waals surface area (Å²) in [7, 11) is 0. The molecule has 2 aromatic rings. The molecule has 0 aliphatic carbocycles. The van der Waals surface area contributed by atoms with Crippen LogP contribution in [0, 0.1) is 6.92 Å². The van der Waals surface area contributed by atoms with Gasteiger partial charge in [0.05, 0.1) is 24.9 Å². The molecular formula is C19H24N2O3. The van der Waals surface area contributed by atoms with E-state index in [1.165, 1.54) is 5.56 Å². The van der Waals surface area contributed by atoms with Gasteiger partial charge in [-0.05, 0) is 20.8 Å². The molecule has 1 aromatic carbocycles. The summed E-state index contributed by atoms with van der Waals surface area (Å²) in [6.45, 7) is 7.32. The molecule has 1 amide bonds. The van der Waals surface area contributed by atoms with Crippen molar-refractivity contribution >= 4 is 5.91 Å². The summed E-state index contributed by atoms with van der Waals surface area (Å²) in [4.78, 5) is 18.6. The minimum absolute atomic E-state index is 0.0972. The van der Waals surface area contributed by atoms with Gasteiger partial charge in [0, 0.05) is 24.9 Å². The van der Waals surface area contributed by atoms with E-state index < -0.39 is 0 Å². The number of hydrogen-bond donors (Lipinski definition) is 0. The van der Waals surface area contributed by atoms with Crippen molar-refractivity contribution in [1.29, 1.82) is 0 Å². The van der Waals surface area contributed by atoms with Crippen molar-refractivity contribution in [3.63, 3.8) is 0 Å². The zero-order chi connectivity index (χ0) is 17.1. The third-order valence-electron chi connectivity index (χ3n) is 4.37. The van der Waals surface area contributed by atoms with Gasteiger partial charge in [0.25, 0.3) is 0 Å². The Kier molecular flexibility index (Phi) is 5.00. The first-order valence-corrected chi connectivity index (χ1v) is 8.45.